The van der Waals surface area contributed by atoms with Crippen LogP contribution in [0.3, 0.4) is 0 Å². The lowest BCUT2D eigenvalue weighted by molar-refractivity contribution is -0.179. The topological polar surface area (TPSA) is 103 Å². The second kappa shape index (κ2) is 8.99. The summed E-state index contributed by atoms with van der Waals surface area (Å²) < 4.78 is 42.6. The lowest BCUT2D eigenvalue weighted by atomic mass is 9.98. The zero-order valence-corrected chi connectivity index (χ0v) is 20.1. The van der Waals surface area contributed by atoms with Crippen molar-refractivity contribution >= 4 is 11.7 Å². The van der Waals surface area contributed by atoms with E-state index in [2.05, 4.69) is 30.4 Å². The molecule has 0 saturated heterocycles. The fraction of sp³-hybridized carbons (Fsp3) is 0.417. The molecule has 1 unspecified atom stereocenters. The van der Waals surface area contributed by atoms with Gasteiger partial charge in [-0.2, -0.15) is 18.3 Å². The number of nitrogens with zero attached hydrogens (tertiary/aromatic N) is 7. The lowest BCUT2D eigenvalue weighted by Crippen LogP contribution is -2.31. The second-order valence-corrected chi connectivity index (χ2v) is 9.04. The van der Waals surface area contributed by atoms with Crippen molar-refractivity contribution in [3.8, 4) is 11.4 Å². The van der Waals surface area contributed by atoms with Gasteiger partial charge in [-0.3, -0.25) is 14.2 Å². The molecule has 1 aliphatic rings. The molecule has 0 bridgehead atoms. The van der Waals surface area contributed by atoms with Gasteiger partial charge in [0.25, 0.3) is 5.91 Å². The molecule has 5 heterocycles. The number of pyridine rings is 1. The van der Waals surface area contributed by atoms with Crippen molar-refractivity contribution in [3.63, 3.8) is 0 Å². The van der Waals surface area contributed by atoms with Gasteiger partial charge in [-0.1, -0.05) is 6.92 Å². The summed E-state index contributed by atoms with van der Waals surface area (Å²) in [7, 11) is 0. The maximum absolute atomic E-state index is 13.1. The number of imidazole rings is 1. The molecule has 36 heavy (non-hydrogen) atoms. The van der Waals surface area contributed by atoms with Crippen molar-refractivity contribution in [2.75, 3.05) is 0 Å². The highest BCUT2D eigenvalue weighted by molar-refractivity contribution is 5.94. The van der Waals surface area contributed by atoms with E-state index in [1.165, 1.54) is 0 Å². The second-order valence-electron chi connectivity index (χ2n) is 9.04. The number of alkyl halides is 3. The first-order valence-corrected chi connectivity index (χ1v) is 11.7. The van der Waals surface area contributed by atoms with Crippen LogP contribution in [0.4, 0.5) is 13.2 Å². The van der Waals surface area contributed by atoms with Crippen LogP contribution in [-0.4, -0.2) is 46.2 Å². The molecule has 188 valence electrons. The molecular formula is C24H25F3N8O. The fourth-order valence-electron chi connectivity index (χ4n) is 4.46. The summed E-state index contributed by atoms with van der Waals surface area (Å²) in [5.41, 5.74) is 4.11. The van der Waals surface area contributed by atoms with Crippen molar-refractivity contribution in [3.05, 3.63) is 58.7 Å². The van der Waals surface area contributed by atoms with Crippen LogP contribution in [0.25, 0.3) is 17.2 Å². The van der Waals surface area contributed by atoms with Crippen LogP contribution in [0, 0.1) is 19.8 Å². The van der Waals surface area contributed by atoms with Gasteiger partial charge >= 0.3 is 6.18 Å². The molecule has 0 fully saturated rings. The van der Waals surface area contributed by atoms with Crippen molar-refractivity contribution in [1.82, 2.24) is 39.4 Å². The first-order chi connectivity index (χ1) is 17.1. The molecule has 12 heteroatoms. The number of nitrogens with one attached hydrogen (secondary N) is 1. The molecule has 1 aliphatic heterocycles. The van der Waals surface area contributed by atoms with E-state index in [0.717, 1.165) is 11.1 Å². The van der Waals surface area contributed by atoms with E-state index in [1.807, 2.05) is 33.0 Å². The van der Waals surface area contributed by atoms with Gasteiger partial charge < -0.3 is 5.32 Å². The Balaban J connectivity index is 1.32. The first kappa shape index (κ1) is 23.9. The van der Waals surface area contributed by atoms with Crippen LogP contribution >= 0.6 is 0 Å². The average Bonchev–Trinajstić information content (AvgIpc) is 3.42. The minimum atomic E-state index is -4.24. The van der Waals surface area contributed by atoms with Crippen LogP contribution in [0.1, 0.15) is 52.2 Å². The van der Waals surface area contributed by atoms with E-state index < -0.39 is 12.1 Å². The Kier molecular flexibility index (Phi) is 5.97. The molecule has 0 spiro atoms. The molecular weight excluding hydrogens is 473 g/mol. The molecule has 9 nitrogen and oxygen atoms in total. The highest BCUT2D eigenvalue weighted by Crippen LogP contribution is 2.35. The Labute approximate surface area is 204 Å². The SMILES string of the molecule is CCc1nc2ncc(C)cn2c1C(=O)NCc1cc(C)c(-c2nc3n(n2)CCC(C(F)(F)F)C3)cn1. The number of hydrogen-bond donors (Lipinski definition) is 1. The van der Waals surface area contributed by atoms with Crippen LogP contribution < -0.4 is 5.32 Å². The predicted molar refractivity (Wildman–Crippen MR) is 124 cm³/mol. The first-order valence-electron chi connectivity index (χ1n) is 11.7. The van der Waals surface area contributed by atoms with E-state index in [0.29, 0.717) is 46.5 Å². The van der Waals surface area contributed by atoms with Crippen molar-refractivity contribution in [2.45, 2.75) is 59.3 Å². The summed E-state index contributed by atoms with van der Waals surface area (Å²) >= 11 is 0. The van der Waals surface area contributed by atoms with Crippen molar-refractivity contribution in [2.24, 2.45) is 5.92 Å². The van der Waals surface area contributed by atoms with Crippen LogP contribution in [-0.2, 0) is 25.9 Å². The Morgan fingerprint density at radius 2 is 2.00 bits per heavy atom. The summed E-state index contributed by atoms with van der Waals surface area (Å²) in [5, 5.41) is 7.30. The number of rotatable bonds is 5. The van der Waals surface area contributed by atoms with Gasteiger partial charge in [0.15, 0.2) is 5.82 Å². The normalized spacial score (nSPS) is 15.8. The minimum Gasteiger partial charge on any atom is -0.345 e. The number of carbonyl (C=O) groups is 1. The third kappa shape index (κ3) is 4.42. The number of carbonyl (C=O) groups excluding carboxylic acids is 1. The summed E-state index contributed by atoms with van der Waals surface area (Å²) in [4.78, 5) is 30.6. The van der Waals surface area contributed by atoms with Gasteiger partial charge in [0, 0.05) is 37.1 Å². The molecule has 4 aromatic heterocycles. The van der Waals surface area contributed by atoms with Gasteiger partial charge in [0.2, 0.25) is 5.78 Å². The zero-order chi connectivity index (χ0) is 25.6. The maximum Gasteiger partial charge on any atom is 0.392 e. The minimum absolute atomic E-state index is 0.00296. The summed E-state index contributed by atoms with van der Waals surface area (Å²) in [6.07, 6.45) is 1.30. The molecule has 1 atom stereocenters. The zero-order valence-electron chi connectivity index (χ0n) is 20.1. The highest BCUT2D eigenvalue weighted by Gasteiger charge is 2.42. The Bertz CT molecular complexity index is 1460. The highest BCUT2D eigenvalue weighted by atomic mass is 19.4. The standard InChI is InChI=1S/C24H25F3N8O/c1-4-18-20(34-12-13(2)9-30-23(34)31-18)22(36)29-10-16-7-14(3)17(11-28-16)21-32-19-8-15(24(25,26)27)5-6-35(19)33-21/h7,9,11-12,15H,4-6,8,10H2,1-3H3,(H,29,36). The van der Waals surface area contributed by atoms with Gasteiger partial charge in [-0.05, 0) is 43.9 Å². The fourth-order valence-corrected chi connectivity index (χ4v) is 4.46. The molecule has 0 aromatic carbocycles. The third-order valence-corrected chi connectivity index (χ3v) is 6.40. The largest absolute Gasteiger partial charge is 0.392 e. The van der Waals surface area contributed by atoms with E-state index in [-0.39, 0.29) is 31.8 Å². The number of halogens is 3. The van der Waals surface area contributed by atoms with Crippen LogP contribution in [0.2, 0.25) is 0 Å². The van der Waals surface area contributed by atoms with Crippen LogP contribution in [0.5, 0.6) is 0 Å². The van der Waals surface area contributed by atoms with E-state index >= 15 is 0 Å². The molecule has 0 aliphatic carbocycles. The van der Waals surface area contributed by atoms with Crippen LogP contribution in [0.15, 0.2) is 24.7 Å². The quantitative estimate of drug-likeness (QED) is 0.451. The number of amides is 1. The molecule has 0 radical (unpaired) electrons. The van der Waals surface area contributed by atoms with Gasteiger partial charge in [0.1, 0.15) is 11.5 Å². The Morgan fingerprint density at radius 3 is 2.72 bits per heavy atom. The van der Waals surface area contributed by atoms with E-state index in [1.54, 1.807) is 21.5 Å². The number of fused-ring (bicyclic) bond motifs is 2. The van der Waals surface area contributed by atoms with Crippen molar-refractivity contribution in [1.29, 1.82) is 0 Å². The maximum atomic E-state index is 13.1. The summed E-state index contributed by atoms with van der Waals surface area (Å²) in [6, 6.07) is 1.81. The van der Waals surface area contributed by atoms with E-state index in [9.17, 15) is 18.0 Å². The summed E-state index contributed by atoms with van der Waals surface area (Å²) in [6.45, 7) is 6.06. The number of aromatic nitrogens is 7. The number of hydrogen-bond acceptors (Lipinski definition) is 6. The van der Waals surface area contributed by atoms with Gasteiger partial charge in [-0.15, -0.1) is 0 Å². The molecule has 0 saturated carbocycles. The Hall–Kier alpha value is -3.83. The molecule has 4 aromatic rings. The molecule has 1 amide bonds. The Morgan fingerprint density at radius 1 is 1.19 bits per heavy atom. The third-order valence-electron chi connectivity index (χ3n) is 6.40. The molecule has 1 N–H and O–H groups in total. The predicted octanol–water partition coefficient (Wildman–Crippen LogP) is 3.62. The van der Waals surface area contributed by atoms with Crippen molar-refractivity contribution < 1.29 is 18.0 Å². The lowest BCUT2D eigenvalue weighted by Gasteiger charge is -2.24. The average molecular weight is 499 g/mol. The monoisotopic (exact) mass is 498 g/mol. The van der Waals surface area contributed by atoms with E-state index in [4.69, 9.17) is 0 Å². The molecule has 5 rings (SSSR count). The van der Waals surface area contributed by atoms with Gasteiger partial charge in [-0.25, -0.2) is 19.6 Å². The number of aryl methyl sites for hydroxylation is 4. The van der Waals surface area contributed by atoms with Gasteiger partial charge in [0.05, 0.1) is 23.9 Å². The summed E-state index contributed by atoms with van der Waals surface area (Å²) in [5.74, 6) is -0.517. The smallest absolute Gasteiger partial charge is 0.345 e.